The molecule has 0 aliphatic heterocycles. The highest BCUT2D eigenvalue weighted by atomic mass is 35.5. The fourth-order valence-corrected chi connectivity index (χ4v) is 2.28. The lowest BCUT2D eigenvalue weighted by Gasteiger charge is -2.20. The summed E-state index contributed by atoms with van der Waals surface area (Å²) in [7, 11) is 1.97. The topological polar surface area (TPSA) is 38.8 Å². The number of halogens is 2. The molecular formula is C20H21Cl2NO3. The van der Waals surface area contributed by atoms with E-state index in [0.29, 0.717) is 12.4 Å². The molecule has 0 fully saturated rings. The quantitative estimate of drug-likeness (QED) is 0.592. The Morgan fingerprint density at radius 1 is 1.04 bits per heavy atom. The molecule has 0 saturated carbocycles. The molecule has 6 heteroatoms. The van der Waals surface area contributed by atoms with Gasteiger partial charge in [0.15, 0.2) is 11.9 Å². The van der Waals surface area contributed by atoms with Gasteiger partial charge in [-0.1, -0.05) is 23.2 Å². The number of ether oxygens (including phenoxy) is 2. The molecule has 4 nitrogen and oxygen atoms in total. The van der Waals surface area contributed by atoms with E-state index in [1.165, 1.54) is 6.92 Å². The van der Waals surface area contributed by atoms with Crippen LogP contribution in [0.1, 0.15) is 13.8 Å². The molecule has 0 saturated heterocycles. The average molecular weight is 394 g/mol. The monoisotopic (exact) mass is 393 g/mol. The van der Waals surface area contributed by atoms with E-state index in [0.717, 1.165) is 17.1 Å². The van der Waals surface area contributed by atoms with Crippen molar-refractivity contribution in [2.75, 3.05) is 18.6 Å². The molecule has 26 heavy (non-hydrogen) atoms. The first kappa shape index (κ1) is 20.1. The highest BCUT2D eigenvalue weighted by Crippen LogP contribution is 2.27. The Balaban J connectivity index is 2.00. The first-order valence-corrected chi connectivity index (χ1v) is 8.87. The minimum absolute atomic E-state index is 0.00249. The maximum Gasteiger partial charge on any atom is 0.169 e. The summed E-state index contributed by atoms with van der Waals surface area (Å²) in [5.41, 5.74) is 2.01. The smallest absolute Gasteiger partial charge is 0.169 e. The van der Waals surface area contributed by atoms with Gasteiger partial charge in [0, 0.05) is 18.4 Å². The summed E-state index contributed by atoms with van der Waals surface area (Å²) in [6, 6.07) is 15.3. The Morgan fingerprint density at radius 3 is 2.00 bits per heavy atom. The Hall–Kier alpha value is -2.17. The molecule has 0 aliphatic rings. The van der Waals surface area contributed by atoms with Crippen molar-refractivity contribution in [3.05, 3.63) is 59.1 Å². The molecule has 0 radical (unpaired) electrons. The molecule has 0 aliphatic carbocycles. The Kier molecular flexibility index (Phi) is 7.37. The summed E-state index contributed by atoms with van der Waals surface area (Å²) in [5.74, 6) is 1.40. The van der Waals surface area contributed by atoms with Crippen LogP contribution in [0.15, 0.2) is 59.1 Å². The SMILES string of the molecule is CC(=O)C(C)Oc1ccc(N(C)c2ccc(OCC=C(Cl)Cl)cc2)cc1. The highest BCUT2D eigenvalue weighted by molar-refractivity contribution is 6.55. The van der Waals surface area contributed by atoms with Crippen molar-refractivity contribution < 1.29 is 14.3 Å². The lowest BCUT2D eigenvalue weighted by molar-refractivity contribution is -0.122. The van der Waals surface area contributed by atoms with Crippen LogP contribution in [0, 0.1) is 0 Å². The number of benzene rings is 2. The second-order valence-corrected chi connectivity index (χ2v) is 6.73. The van der Waals surface area contributed by atoms with Gasteiger partial charge in [0.1, 0.15) is 22.6 Å². The number of nitrogens with zero attached hydrogens (tertiary/aromatic N) is 1. The molecule has 138 valence electrons. The van der Waals surface area contributed by atoms with Crippen molar-refractivity contribution in [2.45, 2.75) is 20.0 Å². The van der Waals surface area contributed by atoms with Crippen LogP contribution < -0.4 is 14.4 Å². The van der Waals surface area contributed by atoms with Crippen LogP contribution in [0.25, 0.3) is 0 Å². The third-order valence-electron chi connectivity index (χ3n) is 3.82. The number of Topliss-reactive ketones (excluding diaryl/α,β-unsaturated/α-hetero) is 1. The first-order chi connectivity index (χ1) is 12.4. The maximum atomic E-state index is 11.3. The van der Waals surface area contributed by atoms with Gasteiger partial charge in [0.05, 0.1) is 0 Å². The highest BCUT2D eigenvalue weighted by Gasteiger charge is 2.10. The van der Waals surface area contributed by atoms with Gasteiger partial charge in [-0.05, 0) is 68.5 Å². The largest absolute Gasteiger partial charge is 0.489 e. The summed E-state index contributed by atoms with van der Waals surface area (Å²) in [4.78, 5) is 13.3. The summed E-state index contributed by atoms with van der Waals surface area (Å²) < 4.78 is 11.3. The van der Waals surface area contributed by atoms with Crippen LogP contribution >= 0.6 is 23.2 Å². The predicted molar refractivity (Wildman–Crippen MR) is 107 cm³/mol. The molecular weight excluding hydrogens is 373 g/mol. The van der Waals surface area contributed by atoms with Crippen molar-refractivity contribution in [1.29, 1.82) is 0 Å². The Bertz CT molecular complexity index is 754. The zero-order chi connectivity index (χ0) is 19.1. The van der Waals surface area contributed by atoms with Gasteiger partial charge in [-0.3, -0.25) is 4.79 Å². The van der Waals surface area contributed by atoms with E-state index in [1.807, 2.05) is 60.5 Å². The summed E-state index contributed by atoms with van der Waals surface area (Å²) >= 11 is 11.1. The van der Waals surface area contributed by atoms with Crippen LogP contribution in [0.4, 0.5) is 11.4 Å². The molecule has 0 spiro atoms. The zero-order valence-corrected chi connectivity index (χ0v) is 16.4. The molecule has 0 N–H and O–H groups in total. The third kappa shape index (κ3) is 5.97. The lowest BCUT2D eigenvalue weighted by Crippen LogP contribution is -2.20. The number of carbonyl (C=O) groups excluding carboxylic acids is 1. The molecule has 2 rings (SSSR count). The van der Waals surface area contributed by atoms with Crippen molar-refractivity contribution >= 4 is 40.4 Å². The first-order valence-electron chi connectivity index (χ1n) is 8.11. The van der Waals surface area contributed by atoms with Crippen molar-refractivity contribution in [3.8, 4) is 11.5 Å². The second-order valence-electron chi connectivity index (χ2n) is 5.72. The maximum absolute atomic E-state index is 11.3. The number of carbonyl (C=O) groups is 1. The number of hydrogen-bond donors (Lipinski definition) is 0. The molecule has 0 bridgehead atoms. The normalized spacial score (nSPS) is 11.4. The van der Waals surface area contributed by atoms with Crippen LogP contribution in [0.5, 0.6) is 11.5 Å². The van der Waals surface area contributed by atoms with E-state index in [9.17, 15) is 4.79 Å². The summed E-state index contributed by atoms with van der Waals surface area (Å²) in [6.07, 6.45) is 1.13. The van der Waals surface area contributed by atoms with Gasteiger partial charge in [0.25, 0.3) is 0 Å². The second kappa shape index (κ2) is 9.51. The van der Waals surface area contributed by atoms with E-state index in [2.05, 4.69) is 0 Å². The minimum atomic E-state index is -0.449. The van der Waals surface area contributed by atoms with E-state index in [1.54, 1.807) is 13.0 Å². The van der Waals surface area contributed by atoms with E-state index < -0.39 is 6.10 Å². The standard InChI is InChI=1S/C20H21Cl2NO3/c1-14(24)15(2)26-19-10-6-17(7-11-19)23(3)16-4-8-18(9-5-16)25-13-12-20(21)22/h4-12,15H,13H2,1-3H3. The molecule has 1 atom stereocenters. The van der Waals surface area contributed by atoms with Gasteiger partial charge in [-0.15, -0.1) is 0 Å². The molecule has 1 unspecified atom stereocenters. The van der Waals surface area contributed by atoms with Gasteiger partial charge in [-0.25, -0.2) is 0 Å². The van der Waals surface area contributed by atoms with E-state index in [4.69, 9.17) is 32.7 Å². The third-order valence-corrected chi connectivity index (χ3v) is 4.13. The molecule has 2 aromatic carbocycles. The minimum Gasteiger partial charge on any atom is -0.489 e. The van der Waals surface area contributed by atoms with Crippen LogP contribution in [0.2, 0.25) is 0 Å². The van der Waals surface area contributed by atoms with Crippen molar-refractivity contribution in [3.63, 3.8) is 0 Å². The summed E-state index contributed by atoms with van der Waals surface area (Å²) in [6.45, 7) is 3.57. The summed E-state index contributed by atoms with van der Waals surface area (Å²) in [5, 5.41) is 0. The molecule has 0 aromatic heterocycles. The van der Waals surface area contributed by atoms with Crippen LogP contribution in [-0.2, 0) is 4.79 Å². The zero-order valence-electron chi connectivity index (χ0n) is 14.9. The fourth-order valence-electron chi connectivity index (χ4n) is 2.15. The average Bonchev–Trinajstić information content (AvgIpc) is 2.62. The Labute approximate surface area is 163 Å². The van der Waals surface area contributed by atoms with Crippen LogP contribution in [-0.4, -0.2) is 25.5 Å². The lowest BCUT2D eigenvalue weighted by atomic mass is 10.2. The van der Waals surface area contributed by atoms with E-state index in [-0.39, 0.29) is 10.3 Å². The number of ketones is 1. The predicted octanol–water partition coefficient (Wildman–Crippen LogP) is 5.51. The van der Waals surface area contributed by atoms with Crippen LogP contribution in [0.3, 0.4) is 0 Å². The van der Waals surface area contributed by atoms with Gasteiger partial charge in [-0.2, -0.15) is 0 Å². The number of anilines is 2. The van der Waals surface area contributed by atoms with Crippen molar-refractivity contribution in [1.82, 2.24) is 0 Å². The van der Waals surface area contributed by atoms with E-state index >= 15 is 0 Å². The van der Waals surface area contributed by atoms with Gasteiger partial charge < -0.3 is 14.4 Å². The fraction of sp³-hybridized carbons (Fsp3) is 0.250. The number of hydrogen-bond acceptors (Lipinski definition) is 4. The number of rotatable bonds is 8. The Morgan fingerprint density at radius 2 is 1.54 bits per heavy atom. The van der Waals surface area contributed by atoms with Gasteiger partial charge >= 0.3 is 0 Å². The molecule has 2 aromatic rings. The van der Waals surface area contributed by atoms with Gasteiger partial charge in [0.2, 0.25) is 0 Å². The van der Waals surface area contributed by atoms with Crippen molar-refractivity contribution in [2.24, 2.45) is 0 Å². The molecule has 0 heterocycles. The molecule has 0 amide bonds.